The molecule has 24 heavy (non-hydrogen) atoms. The van der Waals surface area contributed by atoms with Gasteiger partial charge in [0.2, 0.25) is 0 Å². The summed E-state index contributed by atoms with van der Waals surface area (Å²) in [7, 11) is 3.36. The molecule has 0 aliphatic heterocycles. The number of fused-ring (bicyclic) bond motifs is 1. The molecule has 1 unspecified atom stereocenters. The summed E-state index contributed by atoms with van der Waals surface area (Å²) >= 11 is 12.2. The van der Waals surface area contributed by atoms with Crippen molar-refractivity contribution in [1.82, 2.24) is 5.32 Å². The smallest absolute Gasteiger partial charge is 0.337 e. The van der Waals surface area contributed by atoms with E-state index in [2.05, 4.69) is 5.32 Å². The molecule has 0 heterocycles. The molecule has 0 amide bonds. The Labute approximate surface area is 151 Å². The molecule has 0 fully saturated rings. The van der Waals surface area contributed by atoms with Crippen molar-refractivity contribution in [3.8, 4) is 0 Å². The monoisotopic (exact) mass is 363 g/mol. The summed E-state index contributed by atoms with van der Waals surface area (Å²) in [6.45, 7) is 0. The van der Waals surface area contributed by atoms with Crippen LogP contribution in [0.25, 0.3) is 0 Å². The second-order valence-electron chi connectivity index (χ2n) is 5.98. The summed E-state index contributed by atoms with van der Waals surface area (Å²) in [4.78, 5) is 11.9. The van der Waals surface area contributed by atoms with E-state index in [0.717, 1.165) is 24.0 Å². The SMILES string of the molecule is CN[C@H]1CCC(c2ccc(Cl)c(Cl)c2)c2cc(C(=O)OC)ccc21. The van der Waals surface area contributed by atoms with Crippen LogP contribution in [0.15, 0.2) is 36.4 Å². The first-order valence-corrected chi connectivity index (χ1v) is 8.65. The largest absolute Gasteiger partial charge is 0.465 e. The van der Waals surface area contributed by atoms with Gasteiger partial charge in [-0.05, 0) is 60.8 Å². The number of hydrogen-bond acceptors (Lipinski definition) is 3. The van der Waals surface area contributed by atoms with Crippen LogP contribution in [0.3, 0.4) is 0 Å². The van der Waals surface area contributed by atoms with Crippen LogP contribution in [0.5, 0.6) is 0 Å². The third-order valence-electron chi connectivity index (χ3n) is 4.70. The Hall–Kier alpha value is -1.55. The molecule has 0 saturated heterocycles. The molecule has 0 spiro atoms. The van der Waals surface area contributed by atoms with E-state index in [4.69, 9.17) is 27.9 Å². The fraction of sp³-hybridized carbons (Fsp3) is 0.316. The summed E-state index contributed by atoms with van der Waals surface area (Å²) in [6, 6.07) is 11.8. The third-order valence-corrected chi connectivity index (χ3v) is 5.44. The van der Waals surface area contributed by atoms with Gasteiger partial charge in [0.05, 0.1) is 22.7 Å². The second-order valence-corrected chi connectivity index (χ2v) is 6.79. The lowest BCUT2D eigenvalue weighted by Crippen LogP contribution is -2.24. The zero-order valence-corrected chi connectivity index (χ0v) is 15.1. The topological polar surface area (TPSA) is 38.3 Å². The number of halogens is 2. The number of hydrogen-bond donors (Lipinski definition) is 1. The number of carbonyl (C=O) groups excluding carboxylic acids is 1. The lowest BCUT2D eigenvalue weighted by Gasteiger charge is -2.32. The molecular weight excluding hydrogens is 345 g/mol. The average Bonchev–Trinajstić information content (AvgIpc) is 2.62. The van der Waals surface area contributed by atoms with Crippen molar-refractivity contribution in [2.45, 2.75) is 24.8 Å². The van der Waals surface area contributed by atoms with Gasteiger partial charge >= 0.3 is 5.97 Å². The lowest BCUT2D eigenvalue weighted by atomic mass is 9.76. The maximum atomic E-state index is 11.9. The highest BCUT2D eigenvalue weighted by atomic mass is 35.5. The van der Waals surface area contributed by atoms with Crippen molar-refractivity contribution < 1.29 is 9.53 Å². The minimum absolute atomic E-state index is 0.184. The Morgan fingerprint density at radius 1 is 1.08 bits per heavy atom. The van der Waals surface area contributed by atoms with Gasteiger partial charge in [-0.1, -0.05) is 35.3 Å². The molecule has 2 aromatic rings. The first-order valence-electron chi connectivity index (χ1n) is 7.89. The maximum absolute atomic E-state index is 11.9. The predicted molar refractivity (Wildman–Crippen MR) is 97.1 cm³/mol. The summed E-state index contributed by atoms with van der Waals surface area (Å²) in [6.07, 6.45) is 1.99. The number of nitrogens with one attached hydrogen (secondary N) is 1. The quantitative estimate of drug-likeness (QED) is 0.782. The standard InChI is InChI=1S/C19H19Cl2NO2/c1-22-18-8-6-13(11-4-7-16(20)17(21)10-11)15-9-12(19(23)24-2)3-5-14(15)18/h3-5,7,9-10,13,18,22H,6,8H2,1-2H3/t13?,18-/m0/s1. The van der Waals surface area contributed by atoms with Gasteiger partial charge in [0.15, 0.2) is 0 Å². The van der Waals surface area contributed by atoms with Crippen LogP contribution < -0.4 is 5.32 Å². The van der Waals surface area contributed by atoms with Crippen LogP contribution in [0.1, 0.15) is 51.8 Å². The first kappa shape index (κ1) is 17.3. The van der Waals surface area contributed by atoms with E-state index in [1.807, 2.05) is 43.4 Å². The number of methoxy groups -OCH3 is 1. The van der Waals surface area contributed by atoms with Gasteiger partial charge in [-0.2, -0.15) is 0 Å². The third kappa shape index (κ3) is 3.16. The predicted octanol–water partition coefficient (Wildman–Crippen LogP) is 4.97. The minimum atomic E-state index is -0.322. The van der Waals surface area contributed by atoms with E-state index in [1.54, 1.807) is 0 Å². The molecule has 1 aliphatic carbocycles. The van der Waals surface area contributed by atoms with Crippen molar-refractivity contribution in [2.75, 3.05) is 14.2 Å². The Kier molecular flexibility index (Phi) is 5.14. The lowest BCUT2D eigenvalue weighted by molar-refractivity contribution is 0.0600. The molecule has 126 valence electrons. The molecule has 3 nitrogen and oxygen atoms in total. The molecule has 1 N–H and O–H groups in total. The van der Waals surface area contributed by atoms with Crippen LogP contribution >= 0.6 is 23.2 Å². The van der Waals surface area contributed by atoms with E-state index in [0.29, 0.717) is 15.6 Å². The summed E-state index contributed by atoms with van der Waals surface area (Å²) in [5.41, 5.74) is 4.04. The van der Waals surface area contributed by atoms with E-state index < -0.39 is 0 Å². The normalized spacial score (nSPS) is 19.7. The van der Waals surface area contributed by atoms with E-state index in [-0.39, 0.29) is 17.9 Å². The Bertz CT molecular complexity index is 776. The number of rotatable bonds is 3. The molecule has 0 aromatic heterocycles. The molecule has 1 aliphatic rings. The van der Waals surface area contributed by atoms with Gasteiger partial charge in [0.25, 0.3) is 0 Å². The van der Waals surface area contributed by atoms with E-state index in [9.17, 15) is 4.79 Å². The Balaban J connectivity index is 2.10. The van der Waals surface area contributed by atoms with Crippen LogP contribution in [-0.4, -0.2) is 20.1 Å². The fourth-order valence-corrected chi connectivity index (χ4v) is 3.76. The van der Waals surface area contributed by atoms with Crippen molar-refractivity contribution >= 4 is 29.2 Å². The van der Waals surface area contributed by atoms with Crippen molar-refractivity contribution in [3.05, 3.63) is 68.7 Å². The molecule has 0 bridgehead atoms. The highest BCUT2D eigenvalue weighted by Crippen LogP contribution is 2.42. The van der Waals surface area contributed by atoms with Crippen LogP contribution in [0.2, 0.25) is 10.0 Å². The van der Waals surface area contributed by atoms with Crippen molar-refractivity contribution in [3.63, 3.8) is 0 Å². The minimum Gasteiger partial charge on any atom is -0.465 e. The Morgan fingerprint density at radius 2 is 1.88 bits per heavy atom. The molecule has 0 radical (unpaired) electrons. The number of carbonyl (C=O) groups is 1. The summed E-state index contributed by atoms with van der Waals surface area (Å²) in [5, 5.41) is 4.45. The summed E-state index contributed by atoms with van der Waals surface area (Å²) in [5.74, 6) is -0.138. The van der Waals surface area contributed by atoms with Crippen molar-refractivity contribution in [2.24, 2.45) is 0 Å². The molecule has 2 aromatic carbocycles. The number of esters is 1. The van der Waals surface area contributed by atoms with E-state index >= 15 is 0 Å². The highest BCUT2D eigenvalue weighted by Gasteiger charge is 2.28. The average molecular weight is 364 g/mol. The zero-order chi connectivity index (χ0) is 17.3. The zero-order valence-electron chi connectivity index (χ0n) is 13.6. The van der Waals surface area contributed by atoms with Gasteiger partial charge in [-0.25, -0.2) is 4.79 Å². The van der Waals surface area contributed by atoms with Crippen molar-refractivity contribution in [1.29, 1.82) is 0 Å². The maximum Gasteiger partial charge on any atom is 0.337 e. The van der Waals surface area contributed by atoms with Crippen LogP contribution in [0.4, 0.5) is 0 Å². The molecular formula is C19H19Cl2NO2. The van der Waals surface area contributed by atoms with Gasteiger partial charge in [0, 0.05) is 12.0 Å². The van der Waals surface area contributed by atoms with Crippen LogP contribution in [0, 0.1) is 0 Å². The molecule has 5 heteroatoms. The molecule has 0 saturated carbocycles. The van der Waals surface area contributed by atoms with Gasteiger partial charge < -0.3 is 10.1 Å². The molecule has 3 rings (SSSR count). The second kappa shape index (κ2) is 7.14. The number of benzene rings is 2. The van der Waals surface area contributed by atoms with E-state index in [1.165, 1.54) is 12.7 Å². The van der Waals surface area contributed by atoms with Crippen LogP contribution in [-0.2, 0) is 4.74 Å². The van der Waals surface area contributed by atoms with Gasteiger partial charge in [0.1, 0.15) is 0 Å². The fourth-order valence-electron chi connectivity index (χ4n) is 3.46. The Morgan fingerprint density at radius 3 is 2.54 bits per heavy atom. The van der Waals surface area contributed by atoms with Gasteiger partial charge in [-0.15, -0.1) is 0 Å². The molecule has 2 atom stereocenters. The highest BCUT2D eigenvalue weighted by molar-refractivity contribution is 6.42. The van der Waals surface area contributed by atoms with Gasteiger partial charge in [-0.3, -0.25) is 0 Å². The number of ether oxygens (including phenoxy) is 1. The summed E-state index contributed by atoms with van der Waals surface area (Å²) < 4.78 is 4.86. The first-order chi connectivity index (χ1) is 11.5.